The quantitative estimate of drug-likeness (QED) is 0.751. The van der Waals surface area contributed by atoms with Gasteiger partial charge in [0.15, 0.2) is 9.84 Å². The number of rotatable bonds is 7. The molecule has 1 amide bonds. The highest BCUT2D eigenvalue weighted by Gasteiger charge is 2.34. The minimum atomic E-state index is -3.44. The molecular weight excluding hydrogens is 384 g/mol. The second-order valence-corrected chi connectivity index (χ2v) is 10.1. The van der Waals surface area contributed by atoms with Crippen LogP contribution < -0.4 is 5.32 Å². The number of carbonyl (C=O) groups excluding carboxylic acids is 1. The minimum Gasteiger partial charge on any atom is -0.350 e. The van der Waals surface area contributed by atoms with Crippen molar-refractivity contribution >= 4 is 15.7 Å². The van der Waals surface area contributed by atoms with Crippen LogP contribution in [0.3, 0.4) is 0 Å². The first-order valence-corrected chi connectivity index (χ1v) is 11.8. The van der Waals surface area contributed by atoms with Crippen LogP contribution in [-0.4, -0.2) is 45.4 Å². The number of sulfone groups is 1. The van der Waals surface area contributed by atoms with E-state index in [9.17, 15) is 13.2 Å². The number of hydrogen-bond acceptors (Lipinski definition) is 4. The van der Waals surface area contributed by atoms with Crippen LogP contribution in [0.4, 0.5) is 0 Å². The van der Waals surface area contributed by atoms with Gasteiger partial charge in [-0.05, 0) is 56.8 Å². The van der Waals surface area contributed by atoms with E-state index in [1.807, 2.05) is 0 Å². The Bertz CT molecular complexity index is 934. The lowest BCUT2D eigenvalue weighted by Gasteiger charge is -2.43. The summed E-state index contributed by atoms with van der Waals surface area (Å²) in [6, 6.07) is 15.3. The molecule has 0 radical (unpaired) electrons. The molecule has 156 valence electrons. The summed E-state index contributed by atoms with van der Waals surface area (Å²) in [4.78, 5) is 15.3. The number of nitrogens with zero attached hydrogens (tertiary/aromatic N) is 1. The number of amides is 1. The molecule has 0 aliphatic heterocycles. The van der Waals surface area contributed by atoms with Gasteiger partial charge in [-0.25, -0.2) is 8.42 Å². The second-order valence-electron chi connectivity index (χ2n) is 8.13. The van der Waals surface area contributed by atoms with E-state index in [1.54, 1.807) is 54.6 Å². The molecule has 29 heavy (non-hydrogen) atoms. The maximum absolute atomic E-state index is 12.8. The van der Waals surface area contributed by atoms with Gasteiger partial charge in [-0.15, -0.1) is 0 Å². The molecule has 1 N–H and O–H groups in total. The molecule has 0 spiro atoms. The fraction of sp³-hybridized carbons (Fsp3) is 0.435. The molecule has 0 aromatic heterocycles. The molecule has 0 unspecified atom stereocenters. The Morgan fingerprint density at radius 3 is 2.34 bits per heavy atom. The van der Waals surface area contributed by atoms with Crippen molar-refractivity contribution in [1.82, 2.24) is 10.2 Å². The van der Waals surface area contributed by atoms with Crippen molar-refractivity contribution in [3.8, 4) is 0 Å². The van der Waals surface area contributed by atoms with Gasteiger partial charge in [0.05, 0.1) is 10.6 Å². The number of carbonyl (C=O) groups is 1. The van der Waals surface area contributed by atoms with E-state index in [0.29, 0.717) is 22.6 Å². The molecule has 3 rings (SSSR count). The molecule has 0 atom stereocenters. The summed E-state index contributed by atoms with van der Waals surface area (Å²) < 4.78 is 25.3. The molecule has 5 nitrogen and oxygen atoms in total. The molecule has 6 heteroatoms. The van der Waals surface area contributed by atoms with Crippen molar-refractivity contribution in [2.75, 3.05) is 20.6 Å². The summed E-state index contributed by atoms with van der Waals surface area (Å²) in [5.74, 6) is -0.282. The monoisotopic (exact) mass is 414 g/mol. The summed E-state index contributed by atoms with van der Waals surface area (Å²) >= 11 is 0. The minimum absolute atomic E-state index is 0.00215. The first-order valence-electron chi connectivity index (χ1n) is 10.1. The third kappa shape index (κ3) is 5.25. The molecule has 1 fully saturated rings. The zero-order chi connectivity index (χ0) is 20.9. The van der Waals surface area contributed by atoms with E-state index in [0.717, 1.165) is 12.8 Å². The molecular formula is C23H30N2O3S. The largest absolute Gasteiger partial charge is 0.350 e. The normalized spacial score (nSPS) is 16.5. The molecule has 0 bridgehead atoms. The van der Waals surface area contributed by atoms with Crippen LogP contribution in [0.5, 0.6) is 0 Å². The first-order chi connectivity index (χ1) is 13.8. The van der Waals surface area contributed by atoms with Crippen molar-refractivity contribution in [3.05, 3.63) is 65.7 Å². The molecule has 1 saturated carbocycles. The van der Waals surface area contributed by atoms with Crippen molar-refractivity contribution in [1.29, 1.82) is 0 Å². The number of nitrogens with one attached hydrogen (secondary N) is 1. The van der Waals surface area contributed by atoms with Gasteiger partial charge in [0.2, 0.25) is 0 Å². The Hall–Kier alpha value is -2.18. The lowest BCUT2D eigenvalue weighted by atomic mass is 9.80. The van der Waals surface area contributed by atoms with Crippen LogP contribution in [0.15, 0.2) is 59.5 Å². The summed E-state index contributed by atoms with van der Waals surface area (Å²) in [6.07, 6.45) is 5.77. The van der Waals surface area contributed by atoms with Gasteiger partial charge >= 0.3 is 0 Å². The van der Waals surface area contributed by atoms with Gasteiger partial charge in [0.1, 0.15) is 0 Å². The molecule has 1 aliphatic carbocycles. The fourth-order valence-electron chi connectivity index (χ4n) is 4.07. The van der Waals surface area contributed by atoms with Crippen molar-refractivity contribution in [3.63, 3.8) is 0 Å². The topological polar surface area (TPSA) is 66.5 Å². The summed E-state index contributed by atoms with van der Waals surface area (Å²) in [5, 5.41) is 3.08. The zero-order valence-corrected chi connectivity index (χ0v) is 18.0. The second kappa shape index (κ2) is 9.09. The van der Waals surface area contributed by atoms with Crippen molar-refractivity contribution < 1.29 is 13.2 Å². The van der Waals surface area contributed by atoms with Crippen molar-refractivity contribution in [2.24, 2.45) is 0 Å². The zero-order valence-electron chi connectivity index (χ0n) is 17.2. The predicted molar refractivity (Wildman–Crippen MR) is 116 cm³/mol. The fourth-order valence-corrected chi connectivity index (χ4v) is 5.43. The SMILES string of the molecule is CN(C)C1(CNC(=O)c2cccc(CS(=O)(=O)c3ccccc3)c2)CCCCC1. The maximum Gasteiger partial charge on any atom is 0.251 e. The molecule has 2 aromatic rings. The highest BCUT2D eigenvalue weighted by atomic mass is 32.2. The van der Waals surface area contributed by atoms with Crippen LogP contribution in [0, 0.1) is 0 Å². The third-order valence-corrected chi connectivity index (χ3v) is 7.66. The van der Waals surface area contributed by atoms with Gasteiger partial charge in [-0.3, -0.25) is 4.79 Å². The molecule has 2 aromatic carbocycles. The Morgan fingerprint density at radius 1 is 1.00 bits per heavy atom. The highest BCUT2D eigenvalue weighted by Crippen LogP contribution is 2.31. The number of likely N-dealkylation sites (N-methyl/N-ethyl adjacent to an activating group) is 1. The smallest absolute Gasteiger partial charge is 0.251 e. The summed E-state index contributed by atoms with van der Waals surface area (Å²) in [6.45, 7) is 0.603. The van der Waals surface area contributed by atoms with Gasteiger partial charge in [-0.2, -0.15) is 0 Å². The molecule has 1 aliphatic rings. The van der Waals surface area contributed by atoms with Gasteiger partial charge in [-0.1, -0.05) is 49.6 Å². The van der Waals surface area contributed by atoms with Crippen LogP contribution in [0.2, 0.25) is 0 Å². The lowest BCUT2D eigenvalue weighted by molar-refractivity contribution is 0.0799. The standard InChI is InChI=1S/C23H30N2O3S/c1-25(2)23(14-7-4-8-15-23)18-24-22(26)20-11-9-10-19(16-20)17-29(27,28)21-12-5-3-6-13-21/h3,5-6,9-13,16H,4,7-8,14-15,17-18H2,1-2H3,(H,24,26). The van der Waals surface area contributed by atoms with E-state index in [-0.39, 0.29) is 17.2 Å². The van der Waals surface area contributed by atoms with Gasteiger partial charge < -0.3 is 10.2 Å². The van der Waals surface area contributed by atoms with Gasteiger partial charge in [0.25, 0.3) is 5.91 Å². The van der Waals surface area contributed by atoms with Crippen LogP contribution in [0.1, 0.15) is 48.0 Å². The van der Waals surface area contributed by atoms with E-state index in [2.05, 4.69) is 24.3 Å². The van der Waals surface area contributed by atoms with Crippen LogP contribution in [-0.2, 0) is 15.6 Å². The predicted octanol–water partition coefficient (Wildman–Crippen LogP) is 3.65. The Kier molecular flexibility index (Phi) is 6.75. The summed E-state index contributed by atoms with van der Waals surface area (Å²) in [7, 11) is 0.707. The van der Waals surface area contributed by atoms with Crippen LogP contribution in [0.25, 0.3) is 0 Å². The highest BCUT2D eigenvalue weighted by molar-refractivity contribution is 7.90. The van der Waals surface area contributed by atoms with E-state index in [1.165, 1.54) is 19.3 Å². The van der Waals surface area contributed by atoms with Crippen molar-refractivity contribution in [2.45, 2.75) is 48.3 Å². The van der Waals surface area contributed by atoms with E-state index in [4.69, 9.17) is 0 Å². The van der Waals surface area contributed by atoms with Gasteiger partial charge in [0, 0.05) is 17.6 Å². The van der Waals surface area contributed by atoms with E-state index < -0.39 is 9.84 Å². The summed E-state index contributed by atoms with van der Waals surface area (Å²) in [5.41, 5.74) is 1.11. The average molecular weight is 415 g/mol. The Labute approximate surface area is 174 Å². The van der Waals surface area contributed by atoms with Crippen LogP contribution >= 0.6 is 0 Å². The number of hydrogen-bond donors (Lipinski definition) is 1. The molecule has 0 heterocycles. The Morgan fingerprint density at radius 2 is 1.69 bits per heavy atom. The average Bonchev–Trinajstić information content (AvgIpc) is 2.73. The maximum atomic E-state index is 12.8. The van der Waals surface area contributed by atoms with E-state index >= 15 is 0 Å². The first kappa shape index (κ1) is 21.5. The lowest BCUT2D eigenvalue weighted by Crippen LogP contribution is -2.53. The Balaban J connectivity index is 1.69. The third-order valence-electron chi connectivity index (χ3n) is 5.96. The molecule has 0 saturated heterocycles. The number of benzene rings is 2.